The molecule has 0 spiro atoms. The van der Waals surface area contributed by atoms with Gasteiger partial charge in [-0.3, -0.25) is 24.6 Å². The number of fused-ring (bicyclic) bond motifs is 4. The van der Waals surface area contributed by atoms with Gasteiger partial charge in [0.2, 0.25) is 11.8 Å². The highest BCUT2D eigenvalue weighted by Gasteiger charge is 2.70. The molecule has 6 atom stereocenters. The van der Waals surface area contributed by atoms with Crippen molar-refractivity contribution in [2.24, 2.45) is 23.7 Å². The van der Waals surface area contributed by atoms with Crippen molar-refractivity contribution in [1.82, 2.24) is 9.91 Å². The summed E-state index contributed by atoms with van der Waals surface area (Å²) in [6.07, 6.45) is 0.908. The van der Waals surface area contributed by atoms with Gasteiger partial charge in [0.1, 0.15) is 11.5 Å². The molecule has 3 aromatic carbocycles. The molecule has 5 amide bonds. The lowest BCUT2D eigenvalue weighted by molar-refractivity contribution is -0.140. The van der Waals surface area contributed by atoms with E-state index in [9.17, 15) is 24.3 Å². The Hall–Kier alpha value is -4.87. The fourth-order valence-electron chi connectivity index (χ4n) is 8.19. The van der Waals surface area contributed by atoms with Gasteiger partial charge in [0, 0.05) is 10.9 Å². The number of amides is 5. The predicted octanol–water partition coefficient (Wildman–Crippen LogP) is 5.46. The summed E-state index contributed by atoms with van der Waals surface area (Å²) in [4.78, 5) is 70.1. The molecule has 0 bridgehead atoms. The maximum atomic E-state index is 15.1. The van der Waals surface area contributed by atoms with E-state index < -0.39 is 64.7 Å². The van der Waals surface area contributed by atoms with Gasteiger partial charge in [-0.15, -0.1) is 0 Å². The quantitative estimate of drug-likeness (QED) is 0.264. The van der Waals surface area contributed by atoms with E-state index in [2.05, 4.69) is 5.43 Å². The van der Waals surface area contributed by atoms with Crippen molar-refractivity contribution < 1.29 is 38.6 Å². The first-order valence-corrected chi connectivity index (χ1v) is 16.0. The van der Waals surface area contributed by atoms with Crippen LogP contribution in [-0.4, -0.2) is 59.0 Å². The molecule has 48 heavy (non-hydrogen) atoms. The van der Waals surface area contributed by atoms with Crippen molar-refractivity contribution in [3.63, 3.8) is 0 Å². The first-order valence-electron chi connectivity index (χ1n) is 15.2. The van der Waals surface area contributed by atoms with Gasteiger partial charge in [-0.2, -0.15) is 9.91 Å². The molecule has 1 saturated carbocycles. The standard InChI is InChI=1S/C35H29Cl2N3O8/c1-47-21-9-6-18(7-10-21)35-25(31(43)40(33(35)45)38-27-13-8-19(36)15-26(27)37)16-24-22(29(35)17-4-3-5-20(41)14-17)11-12-23-28(24)32(44)39(30(23)42)34(46)48-2/h3-11,13-15,23-25,28-29,38,41H,12,16H2,1-2H3/t23-,24+,25-,28-,29-,35+/m0/s1. The summed E-state index contributed by atoms with van der Waals surface area (Å²) >= 11 is 12.6. The molecule has 2 N–H and O–H groups in total. The number of phenols is 1. The number of aromatic hydroxyl groups is 1. The van der Waals surface area contributed by atoms with Crippen molar-refractivity contribution in [2.45, 2.75) is 24.2 Å². The summed E-state index contributed by atoms with van der Waals surface area (Å²) in [7, 11) is 2.61. The molecule has 2 aliphatic carbocycles. The molecule has 3 fully saturated rings. The third-order valence-corrected chi connectivity index (χ3v) is 10.7. The Kier molecular flexibility index (Phi) is 7.71. The van der Waals surface area contributed by atoms with Gasteiger partial charge in [0.05, 0.1) is 48.1 Å². The zero-order valence-corrected chi connectivity index (χ0v) is 27.2. The second-order valence-corrected chi connectivity index (χ2v) is 13.1. The molecule has 7 rings (SSSR count). The number of hydrogen-bond acceptors (Lipinski definition) is 9. The van der Waals surface area contributed by atoms with Crippen LogP contribution in [0.25, 0.3) is 0 Å². The van der Waals surface area contributed by atoms with Crippen LogP contribution in [0.3, 0.4) is 0 Å². The highest BCUT2D eigenvalue weighted by atomic mass is 35.5. The number of methoxy groups -OCH3 is 2. The number of likely N-dealkylation sites (tertiary alicyclic amines) is 1. The van der Waals surface area contributed by atoms with Crippen LogP contribution in [0.4, 0.5) is 10.5 Å². The van der Waals surface area contributed by atoms with Crippen molar-refractivity contribution in [3.8, 4) is 11.5 Å². The van der Waals surface area contributed by atoms with Crippen LogP contribution in [0.1, 0.15) is 29.9 Å². The number of benzene rings is 3. The summed E-state index contributed by atoms with van der Waals surface area (Å²) in [5, 5.41) is 12.2. The number of ether oxygens (including phenoxy) is 2. The van der Waals surface area contributed by atoms with Crippen molar-refractivity contribution in [3.05, 3.63) is 99.6 Å². The number of allylic oxidation sites excluding steroid dienone is 2. The van der Waals surface area contributed by atoms with Gasteiger partial charge >= 0.3 is 6.09 Å². The van der Waals surface area contributed by atoms with Crippen LogP contribution in [0.2, 0.25) is 10.0 Å². The van der Waals surface area contributed by atoms with Gasteiger partial charge in [-0.05, 0) is 72.4 Å². The molecule has 0 radical (unpaired) electrons. The highest BCUT2D eigenvalue weighted by molar-refractivity contribution is 6.36. The maximum absolute atomic E-state index is 15.1. The number of rotatable bonds is 5. The van der Waals surface area contributed by atoms with E-state index in [1.54, 1.807) is 48.5 Å². The second kappa shape index (κ2) is 11.7. The topological polar surface area (TPSA) is 143 Å². The normalized spacial score (nSPS) is 27.7. The van der Waals surface area contributed by atoms with Crippen LogP contribution < -0.4 is 10.2 Å². The molecule has 2 saturated heterocycles. The number of halogens is 2. The number of imide groups is 4. The fourth-order valence-corrected chi connectivity index (χ4v) is 8.64. The molecule has 13 heteroatoms. The number of hydrazine groups is 1. The van der Waals surface area contributed by atoms with Crippen LogP contribution in [0.5, 0.6) is 11.5 Å². The lowest BCUT2D eigenvalue weighted by atomic mass is 9.49. The Morgan fingerprint density at radius 1 is 0.938 bits per heavy atom. The fraction of sp³-hybridized carbons (Fsp3) is 0.286. The number of carbonyl (C=O) groups is 5. The van der Waals surface area contributed by atoms with E-state index in [0.717, 1.165) is 12.1 Å². The average Bonchev–Trinajstić information content (AvgIpc) is 3.46. The SMILES string of the molecule is COC(=O)N1C(=O)[C@H]2[C@H](CC=C3[C@H]2C[C@H]2C(=O)N(Nc4ccc(Cl)cc4Cl)C(=O)[C@@]2(c2ccc(OC)cc2)[C@H]3c2cccc(O)c2)C1=O. The van der Waals surface area contributed by atoms with E-state index in [1.165, 1.54) is 25.3 Å². The second-order valence-electron chi connectivity index (χ2n) is 12.3. The molecule has 11 nitrogen and oxygen atoms in total. The van der Waals surface area contributed by atoms with Crippen molar-refractivity contribution in [1.29, 1.82) is 0 Å². The Morgan fingerprint density at radius 3 is 2.35 bits per heavy atom. The minimum atomic E-state index is -1.58. The Morgan fingerprint density at radius 2 is 1.69 bits per heavy atom. The summed E-state index contributed by atoms with van der Waals surface area (Å²) in [5.41, 5.74) is 3.31. The summed E-state index contributed by atoms with van der Waals surface area (Å²) in [5.74, 6) is -6.50. The lowest BCUT2D eigenvalue weighted by Crippen LogP contribution is -2.53. The van der Waals surface area contributed by atoms with E-state index in [-0.39, 0.29) is 29.3 Å². The third kappa shape index (κ3) is 4.51. The Labute approximate surface area is 285 Å². The first-order chi connectivity index (χ1) is 23.0. The van der Waals surface area contributed by atoms with Gasteiger partial charge in [-0.1, -0.05) is 59.1 Å². The number of nitrogens with zero attached hydrogens (tertiary/aromatic N) is 2. The van der Waals surface area contributed by atoms with E-state index >= 15 is 4.79 Å². The number of carbonyl (C=O) groups excluding carboxylic acids is 5. The van der Waals surface area contributed by atoms with Gasteiger partial charge in [0.25, 0.3) is 11.8 Å². The monoisotopic (exact) mass is 689 g/mol. The van der Waals surface area contributed by atoms with Crippen molar-refractivity contribution in [2.75, 3.05) is 19.6 Å². The Balaban J connectivity index is 1.45. The first kappa shape index (κ1) is 31.7. The van der Waals surface area contributed by atoms with E-state index in [1.807, 2.05) is 6.08 Å². The van der Waals surface area contributed by atoms with E-state index in [4.69, 9.17) is 32.7 Å². The third-order valence-electron chi connectivity index (χ3n) is 10.1. The molecule has 3 aromatic rings. The number of phenolic OH excluding ortho intramolecular Hbond substituents is 1. The molecule has 2 aliphatic heterocycles. The minimum absolute atomic E-state index is 0.0134. The molecule has 4 aliphatic rings. The van der Waals surface area contributed by atoms with Crippen LogP contribution >= 0.6 is 23.2 Å². The molecule has 0 unspecified atom stereocenters. The lowest BCUT2D eigenvalue weighted by Gasteiger charge is -2.50. The summed E-state index contributed by atoms with van der Waals surface area (Å²) < 4.78 is 10.2. The van der Waals surface area contributed by atoms with Crippen molar-refractivity contribution >= 4 is 58.6 Å². The Bertz CT molecular complexity index is 1930. The zero-order chi connectivity index (χ0) is 34.1. The summed E-state index contributed by atoms with van der Waals surface area (Å²) in [6, 6.07) is 17.9. The van der Waals surface area contributed by atoms with Crippen LogP contribution in [0.15, 0.2) is 78.4 Å². The number of anilines is 1. The van der Waals surface area contributed by atoms with Crippen LogP contribution in [-0.2, 0) is 29.3 Å². The molecular formula is C35H29Cl2N3O8. The molecule has 0 aromatic heterocycles. The molecular weight excluding hydrogens is 661 g/mol. The summed E-state index contributed by atoms with van der Waals surface area (Å²) in [6.45, 7) is 0. The minimum Gasteiger partial charge on any atom is -0.508 e. The highest BCUT2D eigenvalue weighted by Crippen LogP contribution is 2.64. The predicted molar refractivity (Wildman–Crippen MR) is 173 cm³/mol. The number of hydrogen-bond donors (Lipinski definition) is 2. The smallest absolute Gasteiger partial charge is 0.423 e. The zero-order valence-electron chi connectivity index (χ0n) is 25.7. The van der Waals surface area contributed by atoms with Gasteiger partial charge in [0.15, 0.2) is 0 Å². The van der Waals surface area contributed by atoms with Gasteiger partial charge < -0.3 is 14.6 Å². The van der Waals surface area contributed by atoms with Gasteiger partial charge in [-0.25, -0.2) is 4.79 Å². The molecule has 246 valence electrons. The maximum Gasteiger partial charge on any atom is 0.423 e. The van der Waals surface area contributed by atoms with Crippen LogP contribution in [0, 0.1) is 23.7 Å². The largest absolute Gasteiger partial charge is 0.508 e. The molecule has 2 heterocycles. The average molecular weight is 691 g/mol. The van der Waals surface area contributed by atoms with E-state index in [0.29, 0.717) is 32.4 Å². The number of nitrogens with one attached hydrogen (secondary N) is 1.